The third-order valence-electron chi connectivity index (χ3n) is 9.18. The fourth-order valence-electron chi connectivity index (χ4n) is 6.49. The van der Waals surface area contributed by atoms with Gasteiger partial charge in [-0.2, -0.15) is 0 Å². The Bertz CT molecular complexity index is 1140. The van der Waals surface area contributed by atoms with E-state index in [0.29, 0.717) is 16.7 Å². The first-order valence-electron chi connectivity index (χ1n) is 17.5. The van der Waals surface area contributed by atoms with Gasteiger partial charge in [0.1, 0.15) is 29.1 Å². The number of benzene rings is 2. The fourth-order valence-corrected chi connectivity index (χ4v) is 6.80. The smallest absolute Gasteiger partial charge is 0.303 e. The second-order valence-electron chi connectivity index (χ2n) is 13.3. The van der Waals surface area contributed by atoms with E-state index in [2.05, 4.69) is 13.8 Å². The number of ether oxygens (including phenoxy) is 1. The van der Waals surface area contributed by atoms with Gasteiger partial charge in [0.05, 0.1) is 6.10 Å². The summed E-state index contributed by atoms with van der Waals surface area (Å²) in [7, 11) is 0. The molecule has 2 aromatic carbocycles. The van der Waals surface area contributed by atoms with Crippen molar-refractivity contribution in [2.45, 2.75) is 148 Å². The molecule has 0 saturated heterocycles. The Balaban J connectivity index is 2.03. The van der Waals surface area contributed by atoms with Crippen molar-refractivity contribution in [2.24, 2.45) is 11.8 Å². The van der Waals surface area contributed by atoms with Gasteiger partial charge in [-0.05, 0) is 86.1 Å². The van der Waals surface area contributed by atoms with Gasteiger partial charge in [-0.25, -0.2) is 0 Å². The molecule has 0 bridgehead atoms. The first kappa shape index (κ1) is 39.5. The summed E-state index contributed by atoms with van der Waals surface area (Å²) in [5, 5.41) is 53.4. The Morgan fingerprint density at radius 1 is 0.696 bits per heavy atom. The van der Waals surface area contributed by atoms with E-state index in [0.717, 1.165) is 89.9 Å². The Morgan fingerprint density at radius 2 is 1.17 bits per heavy atom. The number of phenolic OH excluding ortho intramolecular Hbond substituents is 4. The van der Waals surface area contributed by atoms with Crippen LogP contribution in [0.15, 0.2) is 30.3 Å². The summed E-state index contributed by atoms with van der Waals surface area (Å²) in [6.45, 7) is 9.61. The maximum absolute atomic E-state index is 11.8. The number of hydrogen-bond donors (Lipinski definition) is 5. The van der Waals surface area contributed by atoms with Crippen molar-refractivity contribution < 1.29 is 35.1 Å². The molecule has 0 fully saturated rings. The molecule has 8 heteroatoms. The lowest BCUT2D eigenvalue weighted by Crippen LogP contribution is -2.16. The van der Waals surface area contributed by atoms with Crippen LogP contribution in [0.5, 0.6) is 23.0 Å². The average molecular weight is 663 g/mol. The minimum absolute atomic E-state index is 0.0217. The molecule has 0 aliphatic rings. The predicted molar refractivity (Wildman–Crippen MR) is 186 cm³/mol. The highest BCUT2D eigenvalue weighted by Gasteiger charge is 2.26. The van der Waals surface area contributed by atoms with E-state index >= 15 is 0 Å². The van der Waals surface area contributed by atoms with Crippen LogP contribution in [0.1, 0.15) is 159 Å². The molecule has 1 unspecified atom stereocenters. The quantitative estimate of drug-likeness (QED) is 0.0482. The van der Waals surface area contributed by atoms with Crippen molar-refractivity contribution >= 4 is 17.6 Å². The molecule has 46 heavy (non-hydrogen) atoms. The number of hydrogen-bond acceptors (Lipinski definition) is 7. The molecule has 0 aliphatic heterocycles. The molecule has 0 amide bonds. The standard InChI is InChI=1S/C38H59ClO7/c1-6-8-16-28(17-12-10-15-26(4)38(46-27(5)40)30-20-32(41)24-33(42)21-30)36-34(43)22-29(23-35(36)44)37(45)25(3)14-11-13-19-31(39)18-9-7-2/h20-26,28,31,37-38,41-45H,6-19H2,1-5H3/t25-,26-,28-,31?,37+,38+/m0/s1. The van der Waals surface area contributed by atoms with Gasteiger partial charge in [-0.1, -0.05) is 79.1 Å². The number of aliphatic hydroxyl groups is 1. The summed E-state index contributed by atoms with van der Waals surface area (Å²) in [6, 6.07) is 7.48. The summed E-state index contributed by atoms with van der Waals surface area (Å²) >= 11 is 6.42. The van der Waals surface area contributed by atoms with E-state index < -0.39 is 18.2 Å². The zero-order valence-corrected chi connectivity index (χ0v) is 29.4. The molecule has 7 nitrogen and oxygen atoms in total. The minimum atomic E-state index is -0.785. The largest absolute Gasteiger partial charge is 0.508 e. The van der Waals surface area contributed by atoms with Gasteiger partial charge in [0.2, 0.25) is 0 Å². The van der Waals surface area contributed by atoms with Crippen LogP contribution < -0.4 is 0 Å². The number of carbonyl (C=O) groups is 1. The molecule has 260 valence electrons. The zero-order chi connectivity index (χ0) is 34.2. The van der Waals surface area contributed by atoms with Crippen molar-refractivity contribution in [3.8, 4) is 23.0 Å². The molecule has 5 N–H and O–H groups in total. The van der Waals surface area contributed by atoms with Crippen LogP contribution in [0.25, 0.3) is 0 Å². The molecule has 6 atom stereocenters. The Morgan fingerprint density at radius 3 is 1.74 bits per heavy atom. The predicted octanol–water partition coefficient (Wildman–Crippen LogP) is 10.3. The van der Waals surface area contributed by atoms with Gasteiger partial charge in [-0.15, -0.1) is 11.6 Å². The van der Waals surface area contributed by atoms with Crippen LogP contribution in [0.3, 0.4) is 0 Å². The minimum Gasteiger partial charge on any atom is -0.508 e. The summed E-state index contributed by atoms with van der Waals surface area (Å²) in [6.07, 6.45) is 11.7. The van der Waals surface area contributed by atoms with Crippen LogP contribution in [-0.2, 0) is 9.53 Å². The van der Waals surface area contributed by atoms with E-state index in [1.54, 1.807) is 12.1 Å². The van der Waals surface area contributed by atoms with Crippen LogP contribution >= 0.6 is 11.6 Å². The number of halogens is 1. The topological polar surface area (TPSA) is 127 Å². The number of phenols is 4. The summed E-state index contributed by atoms with van der Waals surface area (Å²) in [5.41, 5.74) is 1.61. The van der Waals surface area contributed by atoms with Crippen LogP contribution in [0.4, 0.5) is 0 Å². The van der Waals surface area contributed by atoms with Crippen molar-refractivity contribution in [3.05, 3.63) is 47.0 Å². The van der Waals surface area contributed by atoms with Gasteiger partial charge in [0.25, 0.3) is 0 Å². The van der Waals surface area contributed by atoms with Gasteiger partial charge in [-0.3, -0.25) is 4.79 Å². The first-order valence-corrected chi connectivity index (χ1v) is 17.9. The first-order chi connectivity index (χ1) is 21.9. The van der Waals surface area contributed by atoms with E-state index in [4.69, 9.17) is 16.3 Å². The zero-order valence-electron chi connectivity index (χ0n) is 28.7. The maximum atomic E-state index is 11.8. The highest BCUT2D eigenvalue weighted by atomic mass is 35.5. The highest BCUT2D eigenvalue weighted by molar-refractivity contribution is 6.20. The number of rotatable bonds is 22. The number of alkyl halides is 1. The Kier molecular flexibility index (Phi) is 17.7. The number of carbonyl (C=O) groups excluding carboxylic acids is 1. The van der Waals surface area contributed by atoms with Crippen LogP contribution in [0, 0.1) is 11.8 Å². The SMILES string of the molecule is CCCCC(Cl)CCCC[C@H](C)[C@@H](O)c1cc(O)c([C@@H](CCCC)CCCC[C@H](C)[C@@H](OC(C)=O)c2cc(O)cc(O)c2)c(O)c1. The normalized spacial score (nSPS) is 15.5. The molecular weight excluding hydrogens is 604 g/mol. The van der Waals surface area contributed by atoms with Crippen molar-refractivity contribution in [2.75, 3.05) is 0 Å². The average Bonchev–Trinajstić information content (AvgIpc) is 2.99. The van der Waals surface area contributed by atoms with Crippen molar-refractivity contribution in [1.82, 2.24) is 0 Å². The second kappa shape index (κ2) is 20.6. The lowest BCUT2D eigenvalue weighted by atomic mass is 9.84. The molecule has 2 rings (SSSR count). The van der Waals surface area contributed by atoms with Gasteiger partial charge < -0.3 is 30.3 Å². The fraction of sp³-hybridized carbons (Fsp3) is 0.658. The van der Waals surface area contributed by atoms with E-state index in [1.807, 2.05) is 13.8 Å². The molecule has 2 aromatic rings. The van der Waals surface area contributed by atoms with Crippen molar-refractivity contribution in [3.63, 3.8) is 0 Å². The number of esters is 1. The number of aromatic hydroxyl groups is 4. The van der Waals surface area contributed by atoms with Crippen LogP contribution in [-0.4, -0.2) is 36.9 Å². The molecule has 0 spiro atoms. The Hall–Kier alpha value is -2.64. The monoisotopic (exact) mass is 662 g/mol. The number of unbranched alkanes of at least 4 members (excludes halogenated alkanes) is 4. The lowest BCUT2D eigenvalue weighted by Gasteiger charge is -2.25. The molecule has 0 aliphatic carbocycles. The van der Waals surface area contributed by atoms with Gasteiger partial charge in [0.15, 0.2) is 0 Å². The van der Waals surface area contributed by atoms with E-state index in [1.165, 1.54) is 25.1 Å². The maximum Gasteiger partial charge on any atom is 0.303 e. The second-order valence-corrected chi connectivity index (χ2v) is 13.9. The Labute approximate surface area is 282 Å². The van der Waals surface area contributed by atoms with Crippen molar-refractivity contribution in [1.29, 1.82) is 0 Å². The van der Waals surface area contributed by atoms with E-state index in [9.17, 15) is 30.3 Å². The molecule has 0 radical (unpaired) electrons. The molecular formula is C38H59ClO7. The van der Waals surface area contributed by atoms with Gasteiger partial charge >= 0.3 is 5.97 Å². The molecule has 0 heterocycles. The lowest BCUT2D eigenvalue weighted by molar-refractivity contribution is -0.149. The third kappa shape index (κ3) is 13.2. The van der Waals surface area contributed by atoms with Crippen LogP contribution in [0.2, 0.25) is 0 Å². The van der Waals surface area contributed by atoms with Gasteiger partial charge in [0, 0.05) is 29.5 Å². The number of aliphatic hydroxyl groups excluding tert-OH is 1. The van der Waals surface area contributed by atoms with E-state index in [-0.39, 0.29) is 46.1 Å². The molecule has 0 aromatic heterocycles. The summed E-state index contributed by atoms with van der Waals surface area (Å²) in [4.78, 5) is 11.8. The molecule has 0 saturated carbocycles. The third-order valence-corrected chi connectivity index (χ3v) is 9.61. The highest BCUT2D eigenvalue weighted by Crippen LogP contribution is 2.43. The summed E-state index contributed by atoms with van der Waals surface area (Å²) < 4.78 is 5.58. The summed E-state index contributed by atoms with van der Waals surface area (Å²) in [5.74, 6) is -0.705.